The van der Waals surface area contributed by atoms with Gasteiger partial charge in [-0.2, -0.15) is 0 Å². The minimum Gasteiger partial charge on any atom is -0.382 e. The molecule has 0 saturated heterocycles. The summed E-state index contributed by atoms with van der Waals surface area (Å²) in [7, 11) is 0. The van der Waals surface area contributed by atoms with Gasteiger partial charge in [-0.15, -0.1) is 5.10 Å². The molecular formula is C12H14BrN3O. The van der Waals surface area contributed by atoms with E-state index in [1.807, 2.05) is 24.3 Å². The van der Waals surface area contributed by atoms with E-state index in [0.717, 1.165) is 28.7 Å². The molecule has 1 atom stereocenters. The van der Waals surface area contributed by atoms with E-state index in [1.54, 1.807) is 10.9 Å². The molecule has 0 aliphatic heterocycles. The van der Waals surface area contributed by atoms with Crippen molar-refractivity contribution in [3.8, 4) is 0 Å². The highest BCUT2D eigenvalue weighted by atomic mass is 79.9. The van der Waals surface area contributed by atoms with Crippen molar-refractivity contribution in [1.29, 1.82) is 0 Å². The van der Waals surface area contributed by atoms with E-state index in [1.165, 1.54) is 0 Å². The van der Waals surface area contributed by atoms with Crippen molar-refractivity contribution < 1.29 is 5.11 Å². The Morgan fingerprint density at radius 2 is 2.06 bits per heavy atom. The van der Waals surface area contributed by atoms with E-state index in [2.05, 4.69) is 33.2 Å². The summed E-state index contributed by atoms with van der Waals surface area (Å²) in [6.07, 6.45) is 1.90. The highest BCUT2D eigenvalue weighted by Gasteiger charge is 2.15. The molecule has 1 heterocycles. The van der Waals surface area contributed by atoms with Gasteiger partial charge in [0.15, 0.2) is 0 Å². The zero-order chi connectivity index (χ0) is 12.3. The molecule has 0 saturated carbocycles. The number of aliphatic hydroxyl groups is 1. The minimum absolute atomic E-state index is 0.676. The lowest BCUT2D eigenvalue weighted by Gasteiger charge is -2.12. The first-order valence-electron chi connectivity index (χ1n) is 5.54. The smallest absolute Gasteiger partial charge is 0.122 e. The second kappa shape index (κ2) is 5.42. The monoisotopic (exact) mass is 295 g/mol. The van der Waals surface area contributed by atoms with E-state index in [4.69, 9.17) is 0 Å². The summed E-state index contributed by atoms with van der Waals surface area (Å²) in [6.45, 7) is 2.83. The summed E-state index contributed by atoms with van der Waals surface area (Å²) in [6, 6.07) is 7.59. The average molecular weight is 296 g/mol. The average Bonchev–Trinajstić information content (AvgIpc) is 2.78. The highest BCUT2D eigenvalue weighted by Crippen LogP contribution is 2.22. The fourth-order valence-corrected chi connectivity index (χ4v) is 1.94. The zero-order valence-electron chi connectivity index (χ0n) is 9.55. The van der Waals surface area contributed by atoms with Crippen LogP contribution in [0, 0.1) is 0 Å². The van der Waals surface area contributed by atoms with E-state index >= 15 is 0 Å². The van der Waals surface area contributed by atoms with Crippen LogP contribution in [-0.4, -0.2) is 20.1 Å². The second-order valence-corrected chi connectivity index (χ2v) is 4.75. The van der Waals surface area contributed by atoms with Gasteiger partial charge < -0.3 is 5.11 Å². The summed E-state index contributed by atoms with van der Waals surface area (Å²) in [4.78, 5) is 0. The summed E-state index contributed by atoms with van der Waals surface area (Å²) in [5.74, 6) is 0. The number of rotatable bonds is 4. The third-order valence-electron chi connectivity index (χ3n) is 2.55. The molecule has 0 aliphatic rings. The Morgan fingerprint density at radius 3 is 2.71 bits per heavy atom. The minimum atomic E-state index is -0.676. The van der Waals surface area contributed by atoms with Crippen LogP contribution in [-0.2, 0) is 6.54 Å². The Balaban J connectivity index is 2.26. The van der Waals surface area contributed by atoms with Crippen LogP contribution >= 0.6 is 15.9 Å². The number of hydrogen-bond acceptors (Lipinski definition) is 3. The van der Waals surface area contributed by atoms with Gasteiger partial charge in [0.2, 0.25) is 0 Å². The molecule has 0 amide bonds. The van der Waals surface area contributed by atoms with Gasteiger partial charge >= 0.3 is 0 Å². The number of benzene rings is 1. The third-order valence-corrected chi connectivity index (χ3v) is 3.08. The van der Waals surface area contributed by atoms with Gasteiger partial charge in [0.05, 0.1) is 11.9 Å². The van der Waals surface area contributed by atoms with Crippen molar-refractivity contribution in [2.45, 2.75) is 26.0 Å². The van der Waals surface area contributed by atoms with Gasteiger partial charge in [0.1, 0.15) is 6.10 Å². The predicted octanol–water partition coefficient (Wildman–Crippen LogP) is 2.53. The molecule has 1 aromatic heterocycles. The van der Waals surface area contributed by atoms with Crippen LogP contribution in [0.15, 0.2) is 34.9 Å². The summed E-state index contributed by atoms with van der Waals surface area (Å²) < 4.78 is 2.74. The van der Waals surface area contributed by atoms with Crippen LogP contribution in [0.1, 0.15) is 30.7 Å². The normalized spacial score (nSPS) is 12.6. The van der Waals surface area contributed by atoms with Gasteiger partial charge in [-0.1, -0.05) is 40.2 Å². The molecular weight excluding hydrogens is 282 g/mol. The van der Waals surface area contributed by atoms with Crippen molar-refractivity contribution in [2.24, 2.45) is 0 Å². The van der Waals surface area contributed by atoms with Crippen LogP contribution in [0.5, 0.6) is 0 Å². The molecule has 0 aliphatic carbocycles. The highest BCUT2D eigenvalue weighted by molar-refractivity contribution is 9.10. The van der Waals surface area contributed by atoms with Crippen LogP contribution < -0.4 is 0 Å². The maximum Gasteiger partial charge on any atom is 0.122 e. The number of aryl methyl sites for hydroxylation is 1. The van der Waals surface area contributed by atoms with E-state index in [9.17, 15) is 5.11 Å². The van der Waals surface area contributed by atoms with Gasteiger partial charge in [-0.05, 0) is 24.1 Å². The first-order chi connectivity index (χ1) is 8.22. The van der Waals surface area contributed by atoms with E-state index in [0.29, 0.717) is 0 Å². The molecule has 1 unspecified atom stereocenters. The largest absolute Gasteiger partial charge is 0.382 e. The summed E-state index contributed by atoms with van der Waals surface area (Å²) >= 11 is 3.37. The van der Waals surface area contributed by atoms with Crippen LogP contribution in [0.3, 0.4) is 0 Å². The van der Waals surface area contributed by atoms with Crippen molar-refractivity contribution in [2.75, 3.05) is 0 Å². The van der Waals surface area contributed by atoms with Crippen LogP contribution in [0.25, 0.3) is 0 Å². The fourth-order valence-electron chi connectivity index (χ4n) is 1.68. The quantitative estimate of drug-likeness (QED) is 0.943. The summed E-state index contributed by atoms with van der Waals surface area (Å²) in [5, 5.41) is 18.1. The van der Waals surface area contributed by atoms with Crippen molar-refractivity contribution in [3.05, 3.63) is 46.2 Å². The number of aromatic nitrogens is 3. The van der Waals surface area contributed by atoms with Gasteiger partial charge in [-0.3, -0.25) is 0 Å². The molecule has 1 N–H and O–H groups in total. The molecule has 1 aromatic carbocycles. The van der Waals surface area contributed by atoms with E-state index in [-0.39, 0.29) is 0 Å². The third kappa shape index (κ3) is 2.73. The van der Waals surface area contributed by atoms with Crippen molar-refractivity contribution in [3.63, 3.8) is 0 Å². The lowest BCUT2D eigenvalue weighted by molar-refractivity contribution is 0.207. The molecule has 5 heteroatoms. The van der Waals surface area contributed by atoms with Crippen LogP contribution in [0.2, 0.25) is 0 Å². The summed E-state index contributed by atoms with van der Waals surface area (Å²) in [5.41, 5.74) is 1.57. The van der Waals surface area contributed by atoms with Gasteiger partial charge in [-0.25, -0.2) is 4.68 Å². The first kappa shape index (κ1) is 12.3. The lowest BCUT2D eigenvalue weighted by Crippen LogP contribution is -2.10. The Bertz CT molecular complexity index is 481. The predicted molar refractivity (Wildman–Crippen MR) is 68.5 cm³/mol. The number of nitrogens with zero attached hydrogens (tertiary/aromatic N) is 3. The number of aliphatic hydroxyl groups excluding tert-OH is 1. The van der Waals surface area contributed by atoms with Gasteiger partial charge in [0, 0.05) is 11.0 Å². The van der Waals surface area contributed by atoms with Crippen molar-refractivity contribution in [1.82, 2.24) is 15.0 Å². The molecule has 2 rings (SSSR count). The Kier molecular flexibility index (Phi) is 3.91. The molecule has 0 spiro atoms. The second-order valence-electron chi connectivity index (χ2n) is 3.84. The van der Waals surface area contributed by atoms with Crippen molar-refractivity contribution >= 4 is 15.9 Å². The van der Waals surface area contributed by atoms with Gasteiger partial charge in [0.25, 0.3) is 0 Å². The Hall–Kier alpha value is -1.20. The number of halogens is 1. The maximum atomic E-state index is 10.3. The Morgan fingerprint density at radius 1 is 1.35 bits per heavy atom. The maximum absolute atomic E-state index is 10.3. The molecule has 2 aromatic rings. The molecule has 17 heavy (non-hydrogen) atoms. The van der Waals surface area contributed by atoms with Crippen LogP contribution in [0.4, 0.5) is 0 Å². The Labute approximate surface area is 108 Å². The SMILES string of the molecule is CCCn1nncc1C(O)c1ccc(Br)cc1. The number of hydrogen-bond donors (Lipinski definition) is 1. The standard InChI is InChI=1S/C12H14BrN3O/c1-2-7-16-11(8-14-15-16)12(17)9-3-5-10(13)6-4-9/h3-6,8,12,17H,2,7H2,1H3. The van der Waals surface area contributed by atoms with E-state index < -0.39 is 6.10 Å². The lowest BCUT2D eigenvalue weighted by atomic mass is 10.1. The zero-order valence-corrected chi connectivity index (χ0v) is 11.1. The molecule has 0 bridgehead atoms. The molecule has 90 valence electrons. The molecule has 0 fully saturated rings. The first-order valence-corrected chi connectivity index (χ1v) is 6.33. The molecule has 0 radical (unpaired) electrons. The molecule has 4 nitrogen and oxygen atoms in total. The fraction of sp³-hybridized carbons (Fsp3) is 0.333. The topological polar surface area (TPSA) is 50.9 Å².